The number of benzene rings is 9. The lowest BCUT2D eigenvalue weighted by atomic mass is 9.81. The van der Waals surface area contributed by atoms with Gasteiger partial charge < -0.3 is 4.90 Å². The molecule has 1 aliphatic carbocycles. The molecule has 10 rings (SSSR count). The predicted molar refractivity (Wildman–Crippen MR) is 238 cm³/mol. The van der Waals surface area contributed by atoms with Gasteiger partial charge in [-0.1, -0.05) is 190 Å². The highest BCUT2D eigenvalue weighted by atomic mass is 15.1. The van der Waals surface area contributed by atoms with E-state index in [0.29, 0.717) is 0 Å². The number of anilines is 3. The molecule has 0 saturated heterocycles. The van der Waals surface area contributed by atoms with Gasteiger partial charge in [-0.05, 0) is 109 Å². The summed E-state index contributed by atoms with van der Waals surface area (Å²) in [7, 11) is 0. The monoisotopic (exact) mass is 715 g/mol. The minimum absolute atomic E-state index is 0.0693. The molecule has 0 N–H and O–H groups in total. The molecule has 9 aromatic carbocycles. The van der Waals surface area contributed by atoms with E-state index in [-0.39, 0.29) is 5.41 Å². The van der Waals surface area contributed by atoms with E-state index in [1.807, 2.05) is 0 Å². The molecule has 1 nitrogen and oxygen atoms in total. The third-order valence-corrected chi connectivity index (χ3v) is 11.7. The standard InChI is InChI=1S/C55H41N/c1-55(2)51-24-12-11-22-49(51)54-48(23-14-25-52(54)55)50-37-43(31-36-46(50)41-17-7-4-8-18-41)40-29-34-45(35-30-40)56(53-26-13-20-42-19-9-10-21-47(42)53)44-32-27-39(28-33-44)38-15-5-3-6-16-38/h3-37H,1-2H3. The molecule has 0 spiro atoms. The maximum absolute atomic E-state index is 2.41. The van der Waals surface area contributed by atoms with Crippen molar-refractivity contribution in [3.8, 4) is 55.6 Å². The summed E-state index contributed by atoms with van der Waals surface area (Å²) >= 11 is 0. The maximum Gasteiger partial charge on any atom is 0.0540 e. The summed E-state index contributed by atoms with van der Waals surface area (Å²) in [6, 6.07) is 77.5. The van der Waals surface area contributed by atoms with E-state index >= 15 is 0 Å². The normalized spacial score (nSPS) is 12.6. The zero-order valence-electron chi connectivity index (χ0n) is 31.7. The average Bonchev–Trinajstić information content (AvgIpc) is 3.51. The predicted octanol–water partition coefficient (Wildman–Crippen LogP) is 15.3. The molecule has 0 unspecified atom stereocenters. The Hall–Kier alpha value is -6.96. The first kappa shape index (κ1) is 33.6. The van der Waals surface area contributed by atoms with Crippen LogP contribution in [0.4, 0.5) is 17.1 Å². The van der Waals surface area contributed by atoms with Crippen LogP contribution in [0.5, 0.6) is 0 Å². The Morgan fingerprint density at radius 2 is 0.857 bits per heavy atom. The van der Waals surface area contributed by atoms with Gasteiger partial charge in [0.05, 0.1) is 5.69 Å². The van der Waals surface area contributed by atoms with Gasteiger partial charge in [-0.15, -0.1) is 0 Å². The van der Waals surface area contributed by atoms with Gasteiger partial charge in [0.25, 0.3) is 0 Å². The highest BCUT2D eigenvalue weighted by molar-refractivity contribution is 6.00. The highest BCUT2D eigenvalue weighted by Crippen LogP contribution is 2.53. The largest absolute Gasteiger partial charge is 0.310 e. The molecule has 0 aliphatic heterocycles. The lowest BCUT2D eigenvalue weighted by molar-refractivity contribution is 0.660. The van der Waals surface area contributed by atoms with Crippen LogP contribution in [-0.2, 0) is 5.41 Å². The van der Waals surface area contributed by atoms with Crippen LogP contribution in [0.2, 0.25) is 0 Å². The first-order chi connectivity index (χ1) is 27.5. The third kappa shape index (κ3) is 5.72. The van der Waals surface area contributed by atoms with Gasteiger partial charge in [0.2, 0.25) is 0 Å². The van der Waals surface area contributed by atoms with Crippen LogP contribution < -0.4 is 4.90 Å². The van der Waals surface area contributed by atoms with Crippen molar-refractivity contribution in [3.05, 3.63) is 223 Å². The summed E-state index contributed by atoms with van der Waals surface area (Å²) in [5, 5.41) is 2.43. The summed E-state index contributed by atoms with van der Waals surface area (Å²) in [5.74, 6) is 0. The van der Waals surface area contributed by atoms with Gasteiger partial charge >= 0.3 is 0 Å². The summed E-state index contributed by atoms with van der Waals surface area (Å²) in [6.07, 6.45) is 0. The second-order valence-electron chi connectivity index (χ2n) is 15.3. The van der Waals surface area contributed by atoms with Crippen LogP contribution in [0.15, 0.2) is 212 Å². The van der Waals surface area contributed by atoms with E-state index in [9.17, 15) is 0 Å². The number of nitrogens with zero attached hydrogens (tertiary/aromatic N) is 1. The zero-order valence-corrected chi connectivity index (χ0v) is 31.7. The molecule has 0 bridgehead atoms. The van der Waals surface area contributed by atoms with Crippen molar-refractivity contribution in [1.29, 1.82) is 0 Å². The number of rotatable bonds is 7. The van der Waals surface area contributed by atoms with Crippen LogP contribution in [-0.4, -0.2) is 0 Å². The molecular formula is C55H41N. The van der Waals surface area contributed by atoms with E-state index in [4.69, 9.17) is 0 Å². The van der Waals surface area contributed by atoms with Crippen LogP contribution in [0.1, 0.15) is 25.0 Å². The molecule has 0 amide bonds. The Kier molecular flexibility index (Phi) is 8.23. The molecule has 56 heavy (non-hydrogen) atoms. The van der Waals surface area contributed by atoms with E-state index in [2.05, 4.69) is 231 Å². The smallest absolute Gasteiger partial charge is 0.0540 e. The Labute approximate surface area is 329 Å². The van der Waals surface area contributed by atoms with Gasteiger partial charge in [0, 0.05) is 22.2 Å². The maximum atomic E-state index is 2.41. The van der Waals surface area contributed by atoms with Crippen molar-refractivity contribution >= 4 is 27.8 Å². The molecule has 0 saturated carbocycles. The average molecular weight is 716 g/mol. The fourth-order valence-corrected chi connectivity index (χ4v) is 8.86. The van der Waals surface area contributed by atoms with Crippen LogP contribution in [0.3, 0.4) is 0 Å². The quantitative estimate of drug-likeness (QED) is 0.159. The fourth-order valence-electron chi connectivity index (χ4n) is 8.86. The van der Waals surface area contributed by atoms with Crippen molar-refractivity contribution < 1.29 is 0 Å². The topological polar surface area (TPSA) is 3.24 Å². The summed E-state index contributed by atoms with van der Waals surface area (Å²) in [5.41, 5.74) is 18.5. The Morgan fingerprint density at radius 1 is 0.339 bits per heavy atom. The molecule has 1 heteroatoms. The molecule has 0 atom stereocenters. The Bertz CT molecular complexity index is 2840. The van der Waals surface area contributed by atoms with Crippen LogP contribution in [0, 0.1) is 0 Å². The van der Waals surface area contributed by atoms with E-state index in [1.54, 1.807) is 0 Å². The van der Waals surface area contributed by atoms with Gasteiger partial charge in [0.1, 0.15) is 0 Å². The number of hydrogen-bond acceptors (Lipinski definition) is 1. The molecule has 1 aliphatic rings. The van der Waals surface area contributed by atoms with Crippen molar-refractivity contribution in [2.45, 2.75) is 19.3 Å². The summed E-state index contributed by atoms with van der Waals surface area (Å²) in [6.45, 7) is 4.72. The SMILES string of the molecule is CC1(C)c2ccccc2-c2c(-c3cc(-c4ccc(N(c5ccc(-c6ccccc6)cc5)c5cccc6ccccc56)cc4)ccc3-c3ccccc3)cccc21. The minimum Gasteiger partial charge on any atom is -0.310 e. The number of hydrogen-bond donors (Lipinski definition) is 0. The first-order valence-electron chi connectivity index (χ1n) is 19.5. The van der Waals surface area contributed by atoms with E-state index < -0.39 is 0 Å². The summed E-state index contributed by atoms with van der Waals surface area (Å²) < 4.78 is 0. The Balaban J connectivity index is 1.10. The van der Waals surface area contributed by atoms with Crippen molar-refractivity contribution in [3.63, 3.8) is 0 Å². The molecular weight excluding hydrogens is 675 g/mol. The second-order valence-corrected chi connectivity index (χ2v) is 15.3. The molecule has 9 aromatic rings. The first-order valence-corrected chi connectivity index (χ1v) is 19.5. The highest BCUT2D eigenvalue weighted by Gasteiger charge is 2.36. The molecule has 0 radical (unpaired) electrons. The van der Waals surface area contributed by atoms with Crippen LogP contribution in [0.25, 0.3) is 66.4 Å². The summed E-state index contributed by atoms with van der Waals surface area (Å²) in [4.78, 5) is 2.39. The van der Waals surface area contributed by atoms with Gasteiger partial charge in [-0.2, -0.15) is 0 Å². The molecule has 0 heterocycles. The third-order valence-electron chi connectivity index (χ3n) is 11.7. The van der Waals surface area contributed by atoms with Gasteiger partial charge in [-0.3, -0.25) is 0 Å². The van der Waals surface area contributed by atoms with E-state index in [0.717, 1.165) is 17.1 Å². The van der Waals surface area contributed by atoms with E-state index in [1.165, 1.54) is 77.5 Å². The second kappa shape index (κ2) is 13.7. The lowest BCUT2D eigenvalue weighted by Crippen LogP contribution is -2.14. The zero-order chi connectivity index (χ0) is 37.6. The lowest BCUT2D eigenvalue weighted by Gasteiger charge is -2.27. The van der Waals surface area contributed by atoms with Crippen molar-refractivity contribution in [2.75, 3.05) is 4.90 Å². The van der Waals surface area contributed by atoms with Crippen molar-refractivity contribution in [1.82, 2.24) is 0 Å². The Morgan fingerprint density at radius 3 is 1.59 bits per heavy atom. The number of fused-ring (bicyclic) bond motifs is 4. The minimum atomic E-state index is -0.0693. The fraction of sp³-hybridized carbons (Fsp3) is 0.0545. The van der Waals surface area contributed by atoms with Gasteiger partial charge in [-0.25, -0.2) is 0 Å². The van der Waals surface area contributed by atoms with Gasteiger partial charge in [0.15, 0.2) is 0 Å². The van der Waals surface area contributed by atoms with Crippen LogP contribution >= 0.6 is 0 Å². The molecule has 0 fully saturated rings. The molecule has 0 aromatic heterocycles. The molecule has 266 valence electrons. The van der Waals surface area contributed by atoms with Crippen molar-refractivity contribution in [2.24, 2.45) is 0 Å².